The highest BCUT2D eigenvalue weighted by atomic mass is 15.4. The molecule has 1 aliphatic rings. The lowest BCUT2D eigenvalue weighted by molar-refractivity contribution is 0.321. The third kappa shape index (κ3) is 2.88. The molecule has 0 radical (unpaired) electrons. The van der Waals surface area contributed by atoms with Gasteiger partial charge in [0.25, 0.3) is 0 Å². The van der Waals surface area contributed by atoms with Gasteiger partial charge in [0.05, 0.1) is 11.4 Å². The van der Waals surface area contributed by atoms with Crippen molar-refractivity contribution in [1.82, 2.24) is 15.0 Å². The minimum absolute atomic E-state index is 0.808. The summed E-state index contributed by atoms with van der Waals surface area (Å²) in [6.07, 6.45) is 7.40. The van der Waals surface area contributed by atoms with E-state index in [4.69, 9.17) is 0 Å². The molecule has 96 valence electrons. The van der Waals surface area contributed by atoms with Gasteiger partial charge in [0.1, 0.15) is 0 Å². The Hall–Kier alpha value is -0.860. The zero-order valence-electron chi connectivity index (χ0n) is 11.4. The molecule has 0 saturated carbocycles. The van der Waals surface area contributed by atoms with Gasteiger partial charge < -0.3 is 0 Å². The first-order valence-electron chi connectivity index (χ1n) is 7.13. The molecule has 1 aromatic rings. The maximum Gasteiger partial charge on any atom is 0.0859 e. The second-order valence-corrected chi connectivity index (χ2v) is 5.64. The number of hydrogen-bond donors (Lipinski definition) is 0. The summed E-state index contributed by atoms with van der Waals surface area (Å²) in [4.78, 5) is 0. The van der Waals surface area contributed by atoms with Crippen LogP contribution in [0.25, 0.3) is 0 Å². The van der Waals surface area contributed by atoms with Crippen LogP contribution in [-0.2, 0) is 19.4 Å². The molecule has 1 unspecified atom stereocenters. The predicted octanol–water partition coefficient (Wildman–Crippen LogP) is 3.23. The summed E-state index contributed by atoms with van der Waals surface area (Å²) < 4.78 is 2.13. The molecule has 2 rings (SSSR count). The zero-order chi connectivity index (χ0) is 12.3. The molecule has 0 saturated heterocycles. The van der Waals surface area contributed by atoms with E-state index in [0.717, 1.165) is 31.2 Å². The first kappa shape index (κ1) is 12.6. The molecule has 1 heterocycles. The number of fused-ring (bicyclic) bond motifs is 1. The normalized spacial score (nSPS) is 21.1. The average molecular weight is 235 g/mol. The molecule has 0 fully saturated rings. The number of hydrogen-bond acceptors (Lipinski definition) is 2. The van der Waals surface area contributed by atoms with Gasteiger partial charge in [0.15, 0.2) is 0 Å². The van der Waals surface area contributed by atoms with E-state index in [1.807, 2.05) is 0 Å². The third-order valence-electron chi connectivity index (χ3n) is 4.04. The molecule has 0 aliphatic heterocycles. The fraction of sp³-hybridized carbons (Fsp3) is 0.857. The van der Waals surface area contributed by atoms with E-state index in [9.17, 15) is 0 Å². The van der Waals surface area contributed by atoms with Crippen molar-refractivity contribution in [1.29, 1.82) is 0 Å². The van der Waals surface area contributed by atoms with Crippen LogP contribution in [0.15, 0.2) is 0 Å². The molecule has 0 amide bonds. The highest BCUT2D eigenvalue weighted by molar-refractivity contribution is 5.11. The van der Waals surface area contributed by atoms with Crippen molar-refractivity contribution in [2.24, 2.45) is 11.8 Å². The average Bonchev–Trinajstić information content (AvgIpc) is 2.60. The van der Waals surface area contributed by atoms with Crippen LogP contribution in [0.3, 0.4) is 0 Å². The van der Waals surface area contributed by atoms with Crippen LogP contribution in [0.4, 0.5) is 0 Å². The topological polar surface area (TPSA) is 30.7 Å². The van der Waals surface area contributed by atoms with Crippen LogP contribution in [0, 0.1) is 11.8 Å². The minimum Gasteiger partial charge on any atom is -0.249 e. The van der Waals surface area contributed by atoms with Crippen LogP contribution >= 0.6 is 0 Å². The SMILES string of the molecule is CCCn1nnc2c1CCCC(C(C)C)CC2. The zero-order valence-corrected chi connectivity index (χ0v) is 11.4. The lowest BCUT2D eigenvalue weighted by Gasteiger charge is -2.22. The first-order valence-corrected chi connectivity index (χ1v) is 7.13. The minimum atomic E-state index is 0.808. The Bertz CT molecular complexity index is 354. The number of rotatable bonds is 3. The van der Waals surface area contributed by atoms with Crippen molar-refractivity contribution in [3.63, 3.8) is 0 Å². The van der Waals surface area contributed by atoms with Crippen LogP contribution in [0.2, 0.25) is 0 Å². The molecule has 0 spiro atoms. The van der Waals surface area contributed by atoms with Gasteiger partial charge >= 0.3 is 0 Å². The number of aromatic nitrogens is 3. The van der Waals surface area contributed by atoms with E-state index >= 15 is 0 Å². The monoisotopic (exact) mass is 235 g/mol. The molecule has 17 heavy (non-hydrogen) atoms. The summed E-state index contributed by atoms with van der Waals surface area (Å²) in [5, 5.41) is 8.69. The van der Waals surface area contributed by atoms with Crippen LogP contribution < -0.4 is 0 Å². The Labute approximate surface area is 105 Å². The second kappa shape index (κ2) is 5.65. The fourth-order valence-corrected chi connectivity index (χ4v) is 2.89. The summed E-state index contributed by atoms with van der Waals surface area (Å²) in [5.41, 5.74) is 2.68. The molecular formula is C14H25N3. The van der Waals surface area contributed by atoms with E-state index in [1.54, 1.807) is 0 Å². The van der Waals surface area contributed by atoms with Crippen molar-refractivity contribution in [2.45, 2.75) is 65.8 Å². The lowest BCUT2D eigenvalue weighted by atomic mass is 9.84. The molecule has 0 aromatic carbocycles. The van der Waals surface area contributed by atoms with Crippen molar-refractivity contribution in [2.75, 3.05) is 0 Å². The van der Waals surface area contributed by atoms with E-state index in [-0.39, 0.29) is 0 Å². The van der Waals surface area contributed by atoms with Crippen LogP contribution in [0.5, 0.6) is 0 Å². The van der Waals surface area contributed by atoms with E-state index in [2.05, 4.69) is 35.8 Å². The quantitative estimate of drug-likeness (QED) is 0.805. The summed E-state index contributed by atoms with van der Waals surface area (Å²) in [5.74, 6) is 1.68. The Morgan fingerprint density at radius 2 is 2.12 bits per heavy atom. The Balaban J connectivity index is 2.10. The van der Waals surface area contributed by atoms with E-state index < -0.39 is 0 Å². The highest BCUT2D eigenvalue weighted by Gasteiger charge is 2.20. The summed E-state index contributed by atoms with van der Waals surface area (Å²) in [6, 6.07) is 0. The fourth-order valence-electron chi connectivity index (χ4n) is 2.89. The Morgan fingerprint density at radius 3 is 2.82 bits per heavy atom. The van der Waals surface area contributed by atoms with E-state index in [1.165, 1.54) is 37.1 Å². The van der Waals surface area contributed by atoms with E-state index in [0.29, 0.717) is 0 Å². The van der Waals surface area contributed by atoms with Gasteiger partial charge in [0, 0.05) is 6.54 Å². The summed E-state index contributed by atoms with van der Waals surface area (Å²) in [6.45, 7) is 7.92. The molecule has 0 N–H and O–H groups in total. The maximum absolute atomic E-state index is 4.38. The summed E-state index contributed by atoms with van der Waals surface area (Å²) in [7, 11) is 0. The molecule has 1 aromatic heterocycles. The highest BCUT2D eigenvalue weighted by Crippen LogP contribution is 2.27. The van der Waals surface area contributed by atoms with Gasteiger partial charge in [-0.05, 0) is 50.4 Å². The van der Waals surface area contributed by atoms with Crippen molar-refractivity contribution < 1.29 is 0 Å². The third-order valence-corrected chi connectivity index (χ3v) is 4.04. The smallest absolute Gasteiger partial charge is 0.0859 e. The van der Waals surface area contributed by atoms with Gasteiger partial charge in [-0.3, -0.25) is 0 Å². The van der Waals surface area contributed by atoms with Gasteiger partial charge in [-0.1, -0.05) is 26.0 Å². The molecule has 0 bridgehead atoms. The van der Waals surface area contributed by atoms with Crippen molar-refractivity contribution in [3.8, 4) is 0 Å². The first-order chi connectivity index (χ1) is 8.22. The van der Waals surface area contributed by atoms with Gasteiger partial charge in [-0.2, -0.15) is 0 Å². The Morgan fingerprint density at radius 1 is 1.29 bits per heavy atom. The summed E-state index contributed by atoms with van der Waals surface area (Å²) >= 11 is 0. The van der Waals surface area contributed by atoms with Gasteiger partial charge in [-0.15, -0.1) is 5.10 Å². The van der Waals surface area contributed by atoms with Crippen molar-refractivity contribution in [3.05, 3.63) is 11.4 Å². The van der Waals surface area contributed by atoms with Gasteiger partial charge in [0.2, 0.25) is 0 Å². The Kier molecular flexibility index (Phi) is 4.19. The van der Waals surface area contributed by atoms with Gasteiger partial charge in [-0.25, -0.2) is 4.68 Å². The lowest BCUT2D eigenvalue weighted by Crippen LogP contribution is -2.15. The molecule has 1 aliphatic carbocycles. The van der Waals surface area contributed by atoms with Crippen LogP contribution in [0.1, 0.15) is 57.8 Å². The number of nitrogens with zero attached hydrogens (tertiary/aromatic N) is 3. The van der Waals surface area contributed by atoms with Crippen molar-refractivity contribution >= 4 is 0 Å². The van der Waals surface area contributed by atoms with Crippen LogP contribution in [-0.4, -0.2) is 15.0 Å². The molecule has 3 nitrogen and oxygen atoms in total. The standard InChI is InChI=1S/C14H25N3/c1-4-10-17-14-7-5-6-12(11(2)3)8-9-13(14)15-16-17/h11-12H,4-10H2,1-3H3. The number of aryl methyl sites for hydroxylation is 2. The molecule has 3 heteroatoms. The maximum atomic E-state index is 4.38. The second-order valence-electron chi connectivity index (χ2n) is 5.64. The molecular weight excluding hydrogens is 210 g/mol. The molecule has 1 atom stereocenters. The predicted molar refractivity (Wildman–Crippen MR) is 69.9 cm³/mol. The largest absolute Gasteiger partial charge is 0.249 e.